The van der Waals surface area contributed by atoms with Crippen LogP contribution in [-0.4, -0.2) is 212 Å². The Labute approximate surface area is 598 Å². The molecule has 4 aromatic carbocycles. The number of carboxylic acids is 1. The van der Waals surface area contributed by atoms with Gasteiger partial charge in [0, 0.05) is 82.3 Å². The first-order valence-corrected chi connectivity index (χ1v) is 32.0. The molecule has 0 radical (unpaired) electrons. The molecule has 12 N–H and O–H groups in total. The fourth-order valence-corrected chi connectivity index (χ4v) is 11.6. The number of rotatable bonds is 36. The van der Waals surface area contributed by atoms with Crippen molar-refractivity contribution in [1.82, 2.24) is 26.6 Å². The number of hydrogen-bond acceptors (Lipinski definition) is 22. The Morgan fingerprint density at radius 3 is 1.52 bits per heavy atom. The summed E-state index contributed by atoms with van der Waals surface area (Å²) in [6, 6.07) is 29.8. The number of aliphatic hydroxyl groups excluding tert-OH is 6. The number of carboxylic acid groups (broad SMARTS) is 1. The second-order valence-corrected chi connectivity index (χ2v) is 24.1. The van der Waals surface area contributed by atoms with Gasteiger partial charge in [-0.25, -0.2) is 6.29 Å². The van der Waals surface area contributed by atoms with E-state index in [4.69, 9.17) is 18.9 Å². The third-order valence-electron chi connectivity index (χ3n) is 14.7. The average molecular weight is 1360 g/mol. The third kappa shape index (κ3) is 26.0. The average Bonchev–Trinajstić information content (AvgIpc) is 0.781. The van der Waals surface area contributed by atoms with Crippen molar-refractivity contribution < 1.29 is 158 Å². The molecule has 94 heavy (non-hydrogen) atoms. The molecule has 5 amide bonds. The Hall–Kier alpha value is -5.22. The normalized spacial score (nSPS) is 22.1. The number of amides is 5. The van der Waals surface area contributed by atoms with E-state index in [-0.39, 0.29) is 95.6 Å². The summed E-state index contributed by atoms with van der Waals surface area (Å²) >= 11 is 2.94. The molecular weight excluding hydrogens is 1280 g/mol. The number of carbonyl (C=O) groups is 7. The number of aliphatic hydroxyl groups is 6. The van der Waals surface area contributed by atoms with E-state index in [0.717, 1.165) is 29.2 Å². The van der Waals surface area contributed by atoms with Gasteiger partial charge in [-0.3, -0.25) is 28.8 Å². The van der Waals surface area contributed by atoms with Crippen molar-refractivity contribution in [3.8, 4) is 22.3 Å². The summed E-state index contributed by atoms with van der Waals surface area (Å²) < 4.78 is 23.1. The number of thioether (sulfide) groups is 2. The number of aliphatic carboxylic acids is 1. The molecule has 0 aromatic heterocycles. The molecule has 4 aromatic rings. The van der Waals surface area contributed by atoms with Crippen LogP contribution in [0.25, 0.3) is 22.3 Å². The minimum atomic E-state index is -2.58. The van der Waals surface area contributed by atoms with Crippen molar-refractivity contribution in [1.29, 1.82) is 0 Å². The fraction of sp³-hybridized carbons (Fsp3) is 0.446. The first kappa shape index (κ1) is 83.0. The standard InChI is InChI=1S/C65H80N5O19S2.2Na.H2O/c1-41(72)69-55-50(75)36-64(40-71,88-59(55)57(80)52(77)38-67-61(82)47-25-21-45(22-26-47)43-14-5-3-6-15-43)86-30-12-34-91-35-29-66-54(79)20-10-9-18-49(74)19-11-32-90-33-13-31-87-65(63(84)85)37-51(76)56(70-42(2)73)60(89-65)58(81)53(78)39-68-62(83)48-27-23-46(24-28-48)44-16-7-4-8-17-44;;;/h3-10,14-18,20-28,50-53,55-60,75-78,80-81H,11-13,19,29-39H2,1-2H3,(H,66,79)(H,67,82)(H,68,83)(H,69,72)(H,70,73)(H,84,85);;;1H2/q-1;2*+1;/p-2/b18-9+,20-10+;;;/t50-,51-,52+,53+,55+,56+,57+,58+,59+,60+,64+,65+;;;/m0.../s1. The van der Waals surface area contributed by atoms with Crippen LogP contribution in [0.1, 0.15) is 73.1 Å². The van der Waals surface area contributed by atoms with Crippen molar-refractivity contribution >= 4 is 71.1 Å². The van der Waals surface area contributed by atoms with Crippen LogP contribution in [0, 0.1) is 0 Å². The number of ketones is 1. The zero-order valence-corrected chi connectivity index (χ0v) is 58.5. The Morgan fingerprint density at radius 1 is 0.606 bits per heavy atom. The smallest absolute Gasteiger partial charge is 0.870 e. The molecule has 2 aliphatic rings. The number of carbonyl (C=O) groups excluding carboxylic acids is 8. The minimum absolute atomic E-state index is 0. The first-order valence-electron chi connectivity index (χ1n) is 29.7. The van der Waals surface area contributed by atoms with Gasteiger partial charge >= 0.3 is 59.1 Å². The maximum absolute atomic E-state index is 13.0. The van der Waals surface area contributed by atoms with Crippen molar-refractivity contribution in [2.45, 2.75) is 125 Å². The van der Waals surface area contributed by atoms with Gasteiger partial charge in [-0.2, -0.15) is 23.5 Å². The van der Waals surface area contributed by atoms with Crippen LogP contribution in [0.2, 0.25) is 0 Å². The van der Waals surface area contributed by atoms with Crippen LogP contribution in [0.4, 0.5) is 0 Å². The van der Waals surface area contributed by atoms with Crippen molar-refractivity contribution in [2.24, 2.45) is 0 Å². The molecule has 2 aliphatic heterocycles. The van der Waals surface area contributed by atoms with Gasteiger partial charge in [0.25, 0.3) is 11.8 Å². The summed E-state index contributed by atoms with van der Waals surface area (Å²) in [7, 11) is 0. The number of benzene rings is 4. The Kier molecular flexibility index (Phi) is 37.5. The molecule has 2 heterocycles. The van der Waals surface area contributed by atoms with E-state index in [9.17, 15) is 74.1 Å². The number of nitrogens with one attached hydrogen (secondary N) is 5. The van der Waals surface area contributed by atoms with Gasteiger partial charge in [-0.15, -0.1) is 0 Å². The summed E-state index contributed by atoms with van der Waals surface area (Å²) in [4.78, 5) is 99.8. The van der Waals surface area contributed by atoms with E-state index in [1.165, 1.54) is 54.8 Å². The van der Waals surface area contributed by atoms with E-state index in [2.05, 4.69) is 26.6 Å². The van der Waals surface area contributed by atoms with Gasteiger partial charge in [0.1, 0.15) is 30.4 Å². The second-order valence-electron chi connectivity index (χ2n) is 21.7. The molecule has 0 spiro atoms. The molecule has 6 rings (SSSR count). The number of ether oxygens (including phenoxy) is 4. The zero-order valence-electron chi connectivity index (χ0n) is 52.8. The molecule has 2 fully saturated rings. The largest absolute Gasteiger partial charge is 1.00 e. The molecule has 2 saturated heterocycles. The maximum atomic E-state index is 13.0. The fourth-order valence-electron chi connectivity index (χ4n) is 10.00. The molecule has 500 valence electrons. The number of hydrogen-bond donors (Lipinski definition) is 11. The third-order valence-corrected chi connectivity index (χ3v) is 16.9. The molecule has 0 saturated carbocycles. The molecule has 25 nitrogen and oxygen atoms in total. The van der Waals surface area contributed by atoms with E-state index < -0.39 is 134 Å². The molecule has 0 bridgehead atoms. The van der Waals surface area contributed by atoms with Gasteiger partial charge in [0.2, 0.25) is 23.5 Å². The summed E-state index contributed by atoms with van der Waals surface area (Å²) in [5.41, 5.74) is 4.23. The minimum Gasteiger partial charge on any atom is -0.870 e. The van der Waals surface area contributed by atoms with Crippen LogP contribution in [0.15, 0.2) is 133 Å². The second kappa shape index (κ2) is 42.5. The van der Waals surface area contributed by atoms with Gasteiger partial charge in [0.05, 0.1) is 48.9 Å². The predicted molar refractivity (Wildman–Crippen MR) is 338 cm³/mol. The van der Waals surface area contributed by atoms with Gasteiger partial charge < -0.3 is 96.3 Å². The van der Waals surface area contributed by atoms with Crippen LogP contribution in [-0.2, 0) is 47.7 Å². The van der Waals surface area contributed by atoms with E-state index in [1.807, 2.05) is 60.7 Å². The van der Waals surface area contributed by atoms with E-state index >= 15 is 0 Å². The zero-order chi connectivity index (χ0) is 65.9. The summed E-state index contributed by atoms with van der Waals surface area (Å²) in [5.74, 6) is -7.44. The topological polar surface area (TPSA) is 408 Å². The Balaban J connectivity index is 0.00000768. The van der Waals surface area contributed by atoms with Gasteiger partial charge in [-0.1, -0.05) is 97.1 Å². The first-order chi connectivity index (χ1) is 43.6. The molecule has 12 atom stereocenters. The monoisotopic (exact) mass is 1360 g/mol. The van der Waals surface area contributed by atoms with Crippen molar-refractivity contribution in [2.75, 3.05) is 55.9 Å². The Morgan fingerprint density at radius 2 is 1.04 bits per heavy atom. The van der Waals surface area contributed by atoms with E-state index in [1.54, 1.807) is 54.8 Å². The molecular formula is C65H80N5Na2O20S2-. The predicted octanol–water partition coefficient (Wildman–Crippen LogP) is -5.13. The van der Waals surface area contributed by atoms with Crippen LogP contribution < -0.4 is 90.8 Å². The summed E-state index contributed by atoms with van der Waals surface area (Å²) in [6.07, 6.45) is -6.18. The van der Waals surface area contributed by atoms with Gasteiger partial charge in [0.15, 0.2) is 5.78 Å². The van der Waals surface area contributed by atoms with Crippen LogP contribution in [0.3, 0.4) is 0 Å². The molecule has 0 unspecified atom stereocenters. The molecule has 29 heteroatoms. The van der Waals surface area contributed by atoms with Crippen molar-refractivity contribution in [3.05, 3.63) is 145 Å². The quantitative estimate of drug-likeness (QED) is 0.00667. The summed E-state index contributed by atoms with van der Waals surface area (Å²) in [6.45, 7) is 1.42. The SMILES string of the molecule is CC(=O)N[C@H]1[C@H]([C@H](O)[C@H](O)CNC(=O)c2ccc(-c3ccccc3)cc2)O[C@]([C-]=O)(OCCCSCCNC(=O)/C=C/C=C/C(=O)CCCSCCCO[C@]2(C(=O)[O-])C[C@H](O)[C@@H](NC(C)=O)[C@H]([C@H](O)[C@H](O)CNC(=O)c3ccc(-c4ccccc4)cc3)O2)C[C@@H]1O.[Na+].[Na+].[OH-]. The van der Waals surface area contributed by atoms with Crippen LogP contribution in [0.5, 0.6) is 0 Å². The van der Waals surface area contributed by atoms with Gasteiger partial charge in [-0.05, 0) is 89.1 Å². The Bertz CT molecular complexity index is 3090. The maximum Gasteiger partial charge on any atom is 1.00 e. The number of allylic oxidation sites excluding steroid dienone is 3. The van der Waals surface area contributed by atoms with Crippen LogP contribution >= 0.6 is 23.5 Å². The summed E-state index contributed by atoms with van der Waals surface area (Å²) in [5, 5.41) is 91.9. The van der Waals surface area contributed by atoms with E-state index in [0.29, 0.717) is 54.4 Å². The van der Waals surface area contributed by atoms with Crippen molar-refractivity contribution in [3.63, 3.8) is 0 Å². The molecule has 0 aliphatic carbocycles.